The average Bonchev–Trinajstić information content (AvgIpc) is 3.63. The maximum absolute atomic E-state index is 12.5. The molecule has 0 spiro atoms. The zero-order valence-corrected chi connectivity index (χ0v) is 18.9. The van der Waals surface area contributed by atoms with Gasteiger partial charge < -0.3 is 14.6 Å². The van der Waals surface area contributed by atoms with E-state index in [1.165, 1.54) is 11.1 Å². The fourth-order valence-corrected chi connectivity index (χ4v) is 4.48. The molecule has 4 heterocycles. The van der Waals surface area contributed by atoms with Gasteiger partial charge in [0.05, 0.1) is 17.8 Å². The number of nitrogens with zero attached hydrogens (tertiary/aromatic N) is 7. The molecule has 0 unspecified atom stereocenters. The topological polar surface area (TPSA) is 139 Å². The monoisotopic (exact) mass is 469 g/mol. The van der Waals surface area contributed by atoms with Crippen molar-refractivity contribution in [1.29, 1.82) is 0 Å². The number of benzene rings is 1. The van der Waals surface area contributed by atoms with Crippen LogP contribution in [0.4, 0.5) is 5.95 Å². The minimum absolute atomic E-state index is 0.0106. The highest BCUT2D eigenvalue weighted by molar-refractivity contribution is 5.78. The number of aromatic amines is 1. The van der Waals surface area contributed by atoms with E-state index in [4.69, 9.17) is 4.42 Å². The molecule has 0 fully saturated rings. The Hall–Kier alpha value is -4.41. The predicted octanol–water partition coefficient (Wildman–Crippen LogP) is 2.21. The molecule has 0 atom stereocenters. The number of fused-ring (bicyclic) bond motifs is 2. The van der Waals surface area contributed by atoms with Crippen molar-refractivity contribution in [3.8, 4) is 11.5 Å². The first kappa shape index (κ1) is 21.1. The summed E-state index contributed by atoms with van der Waals surface area (Å²) in [6.07, 6.45) is 9.58. The second-order valence-electron chi connectivity index (χ2n) is 8.67. The smallest absolute Gasteiger partial charge is 0.251 e. The van der Waals surface area contributed by atoms with E-state index in [9.17, 15) is 4.79 Å². The van der Waals surface area contributed by atoms with Gasteiger partial charge in [0, 0.05) is 37.8 Å². The number of carbonyl (C=O) groups is 1. The number of aromatic nitrogens is 7. The van der Waals surface area contributed by atoms with Crippen molar-refractivity contribution in [2.75, 3.05) is 11.9 Å². The Morgan fingerprint density at radius 2 is 1.94 bits per heavy atom. The van der Waals surface area contributed by atoms with Crippen LogP contribution in [0.3, 0.4) is 0 Å². The van der Waals surface area contributed by atoms with Crippen LogP contribution in [0.2, 0.25) is 0 Å². The number of anilines is 1. The van der Waals surface area contributed by atoms with E-state index in [1.807, 2.05) is 0 Å². The largest absolute Gasteiger partial charge is 0.417 e. The lowest BCUT2D eigenvalue weighted by molar-refractivity contribution is -0.131. The van der Waals surface area contributed by atoms with E-state index in [-0.39, 0.29) is 18.4 Å². The number of carbonyl (C=O) groups excluding carboxylic acids is 1. The van der Waals surface area contributed by atoms with Crippen LogP contribution in [-0.2, 0) is 30.6 Å². The van der Waals surface area contributed by atoms with Crippen molar-refractivity contribution >= 4 is 17.9 Å². The van der Waals surface area contributed by atoms with Gasteiger partial charge in [0.1, 0.15) is 5.69 Å². The number of hydrogen-bond acceptors (Lipinski definition) is 9. The lowest BCUT2D eigenvalue weighted by Crippen LogP contribution is -2.35. The Labute approximate surface area is 200 Å². The molecule has 1 amide bonds. The van der Waals surface area contributed by atoms with Crippen LogP contribution in [0.25, 0.3) is 17.5 Å². The third-order valence-electron chi connectivity index (χ3n) is 6.31. The van der Waals surface area contributed by atoms with Gasteiger partial charge in [-0.15, -0.1) is 15.3 Å². The van der Waals surface area contributed by atoms with E-state index in [0.717, 1.165) is 30.7 Å². The Morgan fingerprint density at radius 3 is 2.74 bits per heavy atom. The summed E-state index contributed by atoms with van der Waals surface area (Å²) in [5, 5.41) is 22.2. The first-order valence-corrected chi connectivity index (χ1v) is 11.5. The summed E-state index contributed by atoms with van der Waals surface area (Å²) < 4.78 is 5.69. The Kier molecular flexibility index (Phi) is 5.49. The van der Waals surface area contributed by atoms with Crippen molar-refractivity contribution < 1.29 is 9.21 Å². The van der Waals surface area contributed by atoms with Gasteiger partial charge in [0.2, 0.25) is 17.7 Å². The highest BCUT2D eigenvalue weighted by atomic mass is 16.4. The highest BCUT2D eigenvalue weighted by Crippen LogP contribution is 2.24. The highest BCUT2D eigenvalue weighted by Gasteiger charge is 2.23. The molecule has 3 aromatic heterocycles. The number of rotatable bonds is 6. The van der Waals surface area contributed by atoms with Crippen LogP contribution in [0.5, 0.6) is 0 Å². The fraction of sp³-hybridized carbons (Fsp3) is 0.292. The van der Waals surface area contributed by atoms with Crippen LogP contribution in [0.15, 0.2) is 47.2 Å². The van der Waals surface area contributed by atoms with E-state index >= 15 is 0 Å². The Balaban J connectivity index is 1.03. The standard InChI is InChI=1S/C24H23N9O2/c34-22(33-9-8-19-20(14-33)29-32-28-19)7-3-6-21-30-31-23(35-21)17-12-25-24(26-13-17)27-18-10-15-4-1-2-5-16(15)11-18/h1-6,12-13,18H,7-11,14H2,(H,25,26,27)(H,28,29,32)/b6-3+. The molecule has 0 saturated heterocycles. The fourth-order valence-electron chi connectivity index (χ4n) is 4.48. The molecule has 6 rings (SSSR count). The van der Waals surface area contributed by atoms with Crippen LogP contribution >= 0.6 is 0 Å². The summed E-state index contributed by atoms with van der Waals surface area (Å²) in [6.45, 7) is 1.12. The van der Waals surface area contributed by atoms with Crippen molar-refractivity contribution in [2.45, 2.75) is 38.3 Å². The molecule has 11 nitrogen and oxygen atoms in total. The van der Waals surface area contributed by atoms with Crippen molar-refractivity contribution in [1.82, 2.24) is 40.5 Å². The molecular weight excluding hydrogens is 446 g/mol. The second kappa shape index (κ2) is 9.09. The third-order valence-corrected chi connectivity index (χ3v) is 6.31. The minimum atomic E-state index is 0.0106. The SMILES string of the molecule is O=C(C/C=C/c1nnc(-c2cnc(NC3Cc4ccccc4C3)nc2)o1)N1CCc2[nH]nnc2C1. The molecule has 0 saturated carbocycles. The van der Waals surface area contributed by atoms with Crippen LogP contribution in [-0.4, -0.2) is 59.0 Å². The summed E-state index contributed by atoms with van der Waals surface area (Å²) in [4.78, 5) is 23.1. The molecule has 176 valence electrons. The molecule has 4 aromatic rings. The summed E-state index contributed by atoms with van der Waals surface area (Å²) in [5.74, 6) is 1.22. The van der Waals surface area contributed by atoms with Gasteiger partial charge in [-0.3, -0.25) is 9.89 Å². The van der Waals surface area contributed by atoms with E-state index in [1.54, 1.807) is 29.4 Å². The quantitative estimate of drug-likeness (QED) is 0.435. The van der Waals surface area contributed by atoms with Crippen molar-refractivity contribution in [3.63, 3.8) is 0 Å². The molecule has 1 aliphatic heterocycles. The zero-order chi connectivity index (χ0) is 23.6. The van der Waals surface area contributed by atoms with Crippen molar-refractivity contribution in [3.05, 3.63) is 71.1 Å². The van der Waals surface area contributed by atoms with E-state index in [2.05, 4.69) is 65.2 Å². The number of H-pyrrole nitrogens is 1. The van der Waals surface area contributed by atoms with Crippen LogP contribution in [0.1, 0.15) is 34.8 Å². The summed E-state index contributed by atoms with van der Waals surface area (Å²) >= 11 is 0. The molecular formula is C24H23N9O2. The van der Waals surface area contributed by atoms with Gasteiger partial charge in [0.25, 0.3) is 5.89 Å². The molecule has 35 heavy (non-hydrogen) atoms. The van der Waals surface area contributed by atoms with Crippen LogP contribution in [0, 0.1) is 0 Å². The molecule has 2 aliphatic rings. The van der Waals surface area contributed by atoms with Gasteiger partial charge in [0.15, 0.2) is 0 Å². The molecule has 0 radical (unpaired) electrons. The average molecular weight is 470 g/mol. The second-order valence-corrected chi connectivity index (χ2v) is 8.67. The molecule has 2 N–H and O–H groups in total. The number of amides is 1. The Morgan fingerprint density at radius 1 is 1.14 bits per heavy atom. The van der Waals surface area contributed by atoms with Gasteiger partial charge in [-0.2, -0.15) is 0 Å². The van der Waals surface area contributed by atoms with Crippen molar-refractivity contribution in [2.24, 2.45) is 0 Å². The maximum atomic E-state index is 12.5. The van der Waals surface area contributed by atoms with E-state index < -0.39 is 0 Å². The number of hydrogen-bond donors (Lipinski definition) is 2. The molecule has 1 aliphatic carbocycles. The first-order valence-electron chi connectivity index (χ1n) is 11.5. The molecule has 1 aromatic carbocycles. The maximum Gasteiger partial charge on any atom is 0.251 e. The van der Waals surface area contributed by atoms with Crippen LogP contribution < -0.4 is 5.32 Å². The third kappa shape index (κ3) is 4.52. The first-order chi connectivity index (χ1) is 17.2. The predicted molar refractivity (Wildman–Crippen MR) is 126 cm³/mol. The summed E-state index contributed by atoms with van der Waals surface area (Å²) in [7, 11) is 0. The zero-order valence-electron chi connectivity index (χ0n) is 18.9. The lowest BCUT2D eigenvalue weighted by Gasteiger charge is -2.25. The van der Waals surface area contributed by atoms with Gasteiger partial charge in [-0.1, -0.05) is 35.6 Å². The van der Waals surface area contributed by atoms with Gasteiger partial charge in [-0.25, -0.2) is 9.97 Å². The lowest BCUT2D eigenvalue weighted by atomic mass is 10.1. The molecule has 0 bridgehead atoms. The number of nitrogens with one attached hydrogen (secondary N) is 2. The molecule has 11 heteroatoms. The summed E-state index contributed by atoms with van der Waals surface area (Å²) in [5.41, 5.74) is 5.20. The van der Waals surface area contributed by atoms with E-state index in [0.29, 0.717) is 36.4 Å². The minimum Gasteiger partial charge on any atom is -0.417 e. The normalized spacial score (nSPS) is 15.4. The van der Waals surface area contributed by atoms with Gasteiger partial charge in [-0.05, 0) is 30.0 Å². The Bertz CT molecular complexity index is 1350. The summed E-state index contributed by atoms with van der Waals surface area (Å²) in [6, 6.07) is 8.75. The van der Waals surface area contributed by atoms with Gasteiger partial charge >= 0.3 is 0 Å².